The molecule has 0 saturated carbocycles. The lowest BCUT2D eigenvalue weighted by Gasteiger charge is -2.04. The number of amides is 1. The maximum Gasteiger partial charge on any atom is 0.436 e. The molecule has 7 nitrogen and oxygen atoms in total. The van der Waals surface area contributed by atoms with Crippen molar-refractivity contribution in [2.24, 2.45) is 0 Å². The van der Waals surface area contributed by atoms with E-state index in [0.29, 0.717) is 11.6 Å². The van der Waals surface area contributed by atoms with Gasteiger partial charge < -0.3 is 0 Å². The van der Waals surface area contributed by atoms with E-state index in [4.69, 9.17) is 23.2 Å². The fourth-order valence-corrected chi connectivity index (χ4v) is 2.89. The van der Waals surface area contributed by atoms with Crippen LogP contribution < -0.4 is 5.32 Å². The summed E-state index contributed by atoms with van der Waals surface area (Å²) in [6.45, 7) is 1.77. The van der Waals surface area contributed by atoms with Gasteiger partial charge in [0.1, 0.15) is 6.33 Å². The van der Waals surface area contributed by atoms with Gasteiger partial charge in [-0.05, 0) is 24.6 Å². The second-order valence-electron chi connectivity index (χ2n) is 6.16. The molecular formula is C17H15Cl2F3N6O. The fourth-order valence-electron chi connectivity index (χ4n) is 2.52. The molecule has 3 aromatic rings. The summed E-state index contributed by atoms with van der Waals surface area (Å²) >= 11 is 11.5. The van der Waals surface area contributed by atoms with Crippen molar-refractivity contribution in [1.82, 2.24) is 24.5 Å². The number of halogens is 5. The molecule has 1 aromatic carbocycles. The number of alkyl halides is 3. The van der Waals surface area contributed by atoms with Crippen LogP contribution in [0, 0.1) is 6.92 Å². The molecule has 0 aliphatic heterocycles. The molecule has 12 heteroatoms. The molecule has 1 N–H and O–H groups in total. The first-order valence-corrected chi connectivity index (χ1v) is 9.13. The Bertz CT molecular complexity index is 1010. The number of rotatable bonds is 6. The van der Waals surface area contributed by atoms with Gasteiger partial charge in [-0.1, -0.05) is 35.3 Å². The van der Waals surface area contributed by atoms with E-state index >= 15 is 0 Å². The largest absolute Gasteiger partial charge is 0.436 e. The minimum atomic E-state index is -4.66. The molecule has 0 radical (unpaired) electrons. The summed E-state index contributed by atoms with van der Waals surface area (Å²) < 4.78 is 41.1. The molecular weight excluding hydrogens is 432 g/mol. The van der Waals surface area contributed by atoms with Gasteiger partial charge in [0.05, 0.1) is 23.8 Å². The molecule has 0 aliphatic rings. The lowest BCUT2D eigenvalue weighted by atomic mass is 10.2. The molecule has 2 heterocycles. The molecule has 0 unspecified atom stereocenters. The third-order valence-corrected chi connectivity index (χ3v) is 4.70. The number of hydrogen-bond donors (Lipinski definition) is 1. The Balaban J connectivity index is 1.56. The second-order valence-corrected chi connectivity index (χ2v) is 6.97. The van der Waals surface area contributed by atoms with Crippen LogP contribution in [-0.4, -0.2) is 30.5 Å². The Morgan fingerprint density at radius 2 is 1.86 bits per heavy atom. The van der Waals surface area contributed by atoms with Gasteiger partial charge in [-0.3, -0.25) is 14.8 Å². The predicted molar refractivity (Wildman–Crippen MR) is 101 cm³/mol. The first kappa shape index (κ1) is 21.1. The first-order valence-electron chi connectivity index (χ1n) is 8.37. The maximum absolute atomic E-state index is 12.8. The summed E-state index contributed by atoms with van der Waals surface area (Å²) in [5, 5.41) is 10.2. The highest BCUT2D eigenvalue weighted by atomic mass is 35.5. The monoisotopic (exact) mass is 446 g/mol. The number of nitrogens with zero attached hydrogens (tertiary/aromatic N) is 5. The van der Waals surface area contributed by atoms with Gasteiger partial charge in [-0.25, -0.2) is 9.67 Å². The van der Waals surface area contributed by atoms with Crippen molar-refractivity contribution in [2.75, 3.05) is 5.32 Å². The highest BCUT2D eigenvalue weighted by molar-refractivity contribution is 6.32. The molecule has 0 atom stereocenters. The molecule has 0 fully saturated rings. The Morgan fingerprint density at radius 3 is 2.48 bits per heavy atom. The van der Waals surface area contributed by atoms with Crippen LogP contribution in [0.15, 0.2) is 30.6 Å². The number of anilines is 1. The van der Waals surface area contributed by atoms with E-state index in [2.05, 4.69) is 20.5 Å². The van der Waals surface area contributed by atoms with Crippen LogP contribution >= 0.6 is 23.2 Å². The van der Waals surface area contributed by atoms with Gasteiger partial charge in [-0.2, -0.15) is 18.3 Å². The van der Waals surface area contributed by atoms with Crippen molar-refractivity contribution in [3.8, 4) is 0 Å². The lowest BCUT2D eigenvalue weighted by molar-refractivity contribution is -0.141. The van der Waals surface area contributed by atoms with Gasteiger partial charge in [-0.15, -0.1) is 5.10 Å². The summed E-state index contributed by atoms with van der Waals surface area (Å²) in [6.07, 6.45) is -3.32. The van der Waals surface area contributed by atoms with Gasteiger partial charge in [0.2, 0.25) is 11.9 Å². The quantitative estimate of drug-likeness (QED) is 0.615. The van der Waals surface area contributed by atoms with Crippen LogP contribution in [0.3, 0.4) is 0 Å². The zero-order chi connectivity index (χ0) is 21.2. The van der Waals surface area contributed by atoms with Crippen molar-refractivity contribution in [2.45, 2.75) is 32.6 Å². The number of nitrogens with one attached hydrogen (secondary N) is 1. The number of hydrogen-bond acceptors (Lipinski definition) is 4. The van der Waals surface area contributed by atoms with Crippen LogP contribution in [0.25, 0.3) is 0 Å². The van der Waals surface area contributed by atoms with E-state index in [1.54, 1.807) is 12.1 Å². The van der Waals surface area contributed by atoms with Gasteiger partial charge in [0, 0.05) is 11.4 Å². The van der Waals surface area contributed by atoms with Crippen molar-refractivity contribution >= 4 is 35.1 Å². The molecule has 0 spiro atoms. The summed E-state index contributed by atoms with van der Waals surface area (Å²) in [5.41, 5.74) is -0.0828. The fraction of sp³-hybridized carbons (Fsp3) is 0.294. The smallest absolute Gasteiger partial charge is 0.293 e. The number of carbonyl (C=O) groups is 1. The Hall–Kier alpha value is -2.59. The molecule has 154 valence electrons. The van der Waals surface area contributed by atoms with Crippen LogP contribution in [0.5, 0.6) is 0 Å². The minimum absolute atomic E-state index is 0.0705. The average Bonchev–Trinajstić information content (AvgIpc) is 3.20. The maximum atomic E-state index is 12.8. The highest BCUT2D eigenvalue weighted by Gasteiger charge is 2.38. The van der Waals surface area contributed by atoms with Gasteiger partial charge >= 0.3 is 6.18 Å². The zero-order valence-electron chi connectivity index (χ0n) is 15.0. The molecule has 3 rings (SSSR count). The topological polar surface area (TPSA) is 77.6 Å². The summed E-state index contributed by atoms with van der Waals surface area (Å²) in [4.78, 5) is 16.1. The van der Waals surface area contributed by atoms with Crippen LogP contribution in [-0.2, 0) is 24.1 Å². The van der Waals surface area contributed by atoms with E-state index in [9.17, 15) is 18.0 Å². The normalized spacial score (nSPS) is 11.7. The van der Waals surface area contributed by atoms with E-state index in [1.807, 2.05) is 12.1 Å². The van der Waals surface area contributed by atoms with Crippen LogP contribution in [0.2, 0.25) is 10.0 Å². The predicted octanol–water partition coefficient (Wildman–Crippen LogP) is 4.19. The average molecular weight is 447 g/mol. The van der Waals surface area contributed by atoms with Crippen LogP contribution in [0.4, 0.5) is 19.1 Å². The first-order chi connectivity index (χ1) is 13.6. The van der Waals surface area contributed by atoms with Crippen molar-refractivity contribution in [3.63, 3.8) is 0 Å². The van der Waals surface area contributed by atoms with Crippen molar-refractivity contribution in [1.29, 1.82) is 0 Å². The highest BCUT2D eigenvalue weighted by Crippen LogP contribution is 2.35. The molecule has 0 aliphatic carbocycles. The molecule has 1 amide bonds. The standard InChI is InChI=1S/C17H15Cl2F3N6O/c1-10-14(19)15(17(20,21)22)25-28(10)7-6-13(29)24-16-23-9-27(26-16)8-11-2-4-12(18)5-3-11/h2-5,9H,6-8H2,1H3,(H,24,26,29). The molecule has 0 saturated heterocycles. The third kappa shape index (κ3) is 5.27. The summed E-state index contributed by atoms with van der Waals surface area (Å²) in [7, 11) is 0. The van der Waals surface area contributed by atoms with Crippen molar-refractivity contribution < 1.29 is 18.0 Å². The van der Waals surface area contributed by atoms with E-state index in [0.717, 1.165) is 10.2 Å². The number of carbonyl (C=O) groups excluding carboxylic acids is 1. The number of aromatic nitrogens is 5. The third-order valence-electron chi connectivity index (χ3n) is 4.00. The Labute approximate surface area is 173 Å². The van der Waals surface area contributed by atoms with Crippen molar-refractivity contribution in [3.05, 3.63) is 57.6 Å². The van der Waals surface area contributed by atoms with Gasteiger partial charge in [0.15, 0.2) is 5.69 Å². The zero-order valence-corrected chi connectivity index (χ0v) is 16.6. The van der Waals surface area contributed by atoms with E-state index in [1.165, 1.54) is 17.9 Å². The second kappa shape index (κ2) is 8.42. The SMILES string of the molecule is Cc1c(Cl)c(C(F)(F)F)nn1CCC(=O)Nc1ncn(Cc2ccc(Cl)cc2)n1. The van der Waals surface area contributed by atoms with Gasteiger partial charge in [0.25, 0.3) is 0 Å². The molecule has 0 bridgehead atoms. The summed E-state index contributed by atoms with van der Waals surface area (Å²) in [6, 6.07) is 7.19. The Kier molecular flexibility index (Phi) is 6.13. The minimum Gasteiger partial charge on any atom is -0.293 e. The molecule has 29 heavy (non-hydrogen) atoms. The number of aryl methyl sites for hydroxylation is 1. The van der Waals surface area contributed by atoms with E-state index in [-0.39, 0.29) is 24.6 Å². The summed E-state index contributed by atoms with van der Waals surface area (Å²) in [5.74, 6) is -0.371. The lowest BCUT2D eigenvalue weighted by Crippen LogP contribution is -2.17. The van der Waals surface area contributed by atoms with E-state index < -0.39 is 22.8 Å². The van der Waals surface area contributed by atoms with Crippen LogP contribution in [0.1, 0.15) is 23.4 Å². The Morgan fingerprint density at radius 1 is 1.17 bits per heavy atom. The number of benzene rings is 1. The molecule has 2 aromatic heterocycles.